The number of amides is 3. The zero-order valence-corrected chi connectivity index (χ0v) is 17.8. The molecule has 0 spiro atoms. The fraction of sp³-hybridized carbons (Fsp3) is 0.364. The lowest BCUT2D eigenvalue weighted by Crippen LogP contribution is -2.50. The Labute approximate surface area is 182 Å². The Bertz CT molecular complexity index is 898. The number of ether oxygens (including phenoxy) is 1. The van der Waals surface area contributed by atoms with Crippen LogP contribution in [0.2, 0.25) is 0 Å². The molecule has 7 nitrogen and oxygen atoms in total. The van der Waals surface area contributed by atoms with E-state index in [1.54, 1.807) is 0 Å². The molecule has 0 aliphatic carbocycles. The summed E-state index contributed by atoms with van der Waals surface area (Å²) in [5.74, 6) is 0.0262. The van der Waals surface area contributed by atoms with Crippen LogP contribution >= 0.6 is 12.4 Å². The van der Waals surface area contributed by atoms with E-state index >= 15 is 0 Å². The van der Waals surface area contributed by atoms with Crippen LogP contribution < -0.4 is 16.0 Å². The zero-order chi connectivity index (χ0) is 20.2. The average molecular weight is 431 g/mol. The third-order valence-corrected chi connectivity index (χ3v) is 5.34. The van der Waals surface area contributed by atoms with Crippen molar-refractivity contribution in [2.24, 2.45) is 0 Å². The van der Waals surface area contributed by atoms with Gasteiger partial charge in [0, 0.05) is 37.6 Å². The van der Waals surface area contributed by atoms with Crippen molar-refractivity contribution in [3.63, 3.8) is 0 Å². The number of urea groups is 1. The maximum absolute atomic E-state index is 12.7. The minimum Gasteiger partial charge on any atom is -0.366 e. The molecule has 0 bridgehead atoms. The molecule has 3 N–H and O–H groups in total. The summed E-state index contributed by atoms with van der Waals surface area (Å²) in [6.07, 6.45) is 0.286. The normalized spacial score (nSPS) is 18.0. The van der Waals surface area contributed by atoms with Crippen LogP contribution in [-0.4, -0.2) is 49.2 Å². The van der Waals surface area contributed by atoms with E-state index in [1.165, 1.54) is 0 Å². The first-order chi connectivity index (χ1) is 14.1. The smallest absolute Gasteiger partial charge is 0.323 e. The standard InChI is InChI=1S/C22H26N4O3.ClH/c1-15-5-7-17(8-6-15)24-22(28)25-19-4-2-3-16-14-26(11-9-18(16)19)21(27)20-13-23-10-12-29-20;/h2-8,20,23H,9-14H2,1H3,(H2,24,25,28);1H. The van der Waals surface area contributed by atoms with Crippen LogP contribution in [-0.2, 0) is 22.5 Å². The van der Waals surface area contributed by atoms with Gasteiger partial charge in [-0.2, -0.15) is 0 Å². The van der Waals surface area contributed by atoms with Crippen molar-refractivity contribution in [2.75, 3.05) is 36.9 Å². The minimum atomic E-state index is -0.410. The van der Waals surface area contributed by atoms with Gasteiger partial charge in [0.2, 0.25) is 0 Å². The molecule has 4 rings (SSSR count). The lowest BCUT2D eigenvalue weighted by Gasteiger charge is -2.34. The number of carbonyl (C=O) groups is 2. The summed E-state index contributed by atoms with van der Waals surface area (Å²) >= 11 is 0. The van der Waals surface area contributed by atoms with E-state index in [-0.39, 0.29) is 24.3 Å². The van der Waals surface area contributed by atoms with Crippen molar-refractivity contribution in [2.45, 2.75) is 26.0 Å². The molecule has 3 amide bonds. The van der Waals surface area contributed by atoms with Gasteiger partial charge in [0.05, 0.1) is 6.61 Å². The minimum absolute atomic E-state index is 0. The zero-order valence-electron chi connectivity index (χ0n) is 16.9. The van der Waals surface area contributed by atoms with Crippen LogP contribution in [0.15, 0.2) is 42.5 Å². The Hall–Kier alpha value is -2.61. The summed E-state index contributed by atoms with van der Waals surface area (Å²) in [6.45, 7) is 5.05. The van der Waals surface area contributed by atoms with E-state index < -0.39 is 6.10 Å². The maximum atomic E-state index is 12.7. The molecular formula is C22H27ClN4O3. The first-order valence-electron chi connectivity index (χ1n) is 9.97. The predicted molar refractivity (Wildman–Crippen MR) is 119 cm³/mol. The van der Waals surface area contributed by atoms with Gasteiger partial charge in [-0.05, 0) is 42.7 Å². The lowest BCUT2D eigenvalue weighted by atomic mass is 9.97. The summed E-state index contributed by atoms with van der Waals surface area (Å²) in [5.41, 5.74) is 4.81. The third-order valence-electron chi connectivity index (χ3n) is 5.34. The van der Waals surface area contributed by atoms with Gasteiger partial charge in [0.25, 0.3) is 5.91 Å². The van der Waals surface area contributed by atoms with Crippen molar-refractivity contribution in [3.8, 4) is 0 Å². The Kier molecular flexibility index (Phi) is 7.31. The molecule has 2 aromatic carbocycles. The molecule has 1 fully saturated rings. The lowest BCUT2D eigenvalue weighted by molar-refractivity contribution is -0.146. The molecule has 1 saturated heterocycles. The topological polar surface area (TPSA) is 82.7 Å². The molecule has 2 aliphatic rings. The summed E-state index contributed by atoms with van der Waals surface area (Å²) in [7, 11) is 0. The van der Waals surface area contributed by atoms with E-state index in [1.807, 2.05) is 54.3 Å². The Balaban J connectivity index is 0.00000256. The molecule has 160 valence electrons. The van der Waals surface area contributed by atoms with E-state index in [4.69, 9.17) is 4.74 Å². The number of anilines is 2. The van der Waals surface area contributed by atoms with Crippen molar-refractivity contribution in [1.29, 1.82) is 0 Å². The SMILES string of the molecule is Cc1ccc(NC(=O)Nc2cccc3c2CCN(C(=O)C2CNCCO2)C3)cc1.Cl. The second-order valence-electron chi connectivity index (χ2n) is 7.46. The number of aryl methyl sites for hydroxylation is 1. The van der Waals surface area contributed by atoms with Gasteiger partial charge in [0.1, 0.15) is 6.10 Å². The first-order valence-corrected chi connectivity index (χ1v) is 9.97. The number of nitrogens with zero attached hydrogens (tertiary/aromatic N) is 1. The highest BCUT2D eigenvalue weighted by atomic mass is 35.5. The van der Waals surface area contributed by atoms with E-state index in [9.17, 15) is 9.59 Å². The first kappa shape index (κ1) is 22.1. The van der Waals surface area contributed by atoms with E-state index in [0.717, 1.165) is 34.6 Å². The molecule has 0 saturated carbocycles. The highest BCUT2D eigenvalue weighted by Crippen LogP contribution is 2.27. The van der Waals surface area contributed by atoms with E-state index in [2.05, 4.69) is 16.0 Å². The quantitative estimate of drug-likeness (QED) is 0.699. The molecular weight excluding hydrogens is 404 g/mol. The Morgan fingerprint density at radius 2 is 1.93 bits per heavy atom. The Morgan fingerprint density at radius 1 is 1.13 bits per heavy atom. The second-order valence-corrected chi connectivity index (χ2v) is 7.46. The maximum Gasteiger partial charge on any atom is 0.323 e. The number of halogens is 1. The van der Waals surface area contributed by atoms with Gasteiger partial charge >= 0.3 is 6.03 Å². The van der Waals surface area contributed by atoms with E-state index in [0.29, 0.717) is 32.7 Å². The van der Waals surface area contributed by atoms with Crippen LogP contribution in [0, 0.1) is 6.92 Å². The summed E-state index contributed by atoms with van der Waals surface area (Å²) < 4.78 is 5.60. The van der Waals surface area contributed by atoms with Crippen LogP contribution in [0.4, 0.5) is 16.2 Å². The van der Waals surface area contributed by atoms with Gasteiger partial charge in [-0.25, -0.2) is 4.79 Å². The number of nitrogens with one attached hydrogen (secondary N) is 3. The number of fused-ring (bicyclic) bond motifs is 1. The molecule has 1 unspecified atom stereocenters. The number of morpholine rings is 1. The Morgan fingerprint density at radius 3 is 2.67 bits per heavy atom. The largest absolute Gasteiger partial charge is 0.366 e. The van der Waals surface area contributed by atoms with Gasteiger partial charge in [0.15, 0.2) is 0 Å². The fourth-order valence-electron chi connectivity index (χ4n) is 3.76. The van der Waals surface area contributed by atoms with Crippen LogP contribution in [0.1, 0.15) is 16.7 Å². The fourth-order valence-corrected chi connectivity index (χ4v) is 3.76. The average Bonchev–Trinajstić information content (AvgIpc) is 2.75. The summed E-state index contributed by atoms with van der Waals surface area (Å²) in [4.78, 5) is 27.0. The van der Waals surface area contributed by atoms with Crippen LogP contribution in [0.5, 0.6) is 0 Å². The number of benzene rings is 2. The van der Waals surface area contributed by atoms with Crippen LogP contribution in [0.3, 0.4) is 0 Å². The molecule has 0 radical (unpaired) electrons. The van der Waals surface area contributed by atoms with Gasteiger partial charge < -0.3 is 25.6 Å². The predicted octanol–water partition coefficient (Wildman–Crippen LogP) is 2.93. The highest BCUT2D eigenvalue weighted by Gasteiger charge is 2.30. The van der Waals surface area contributed by atoms with Crippen molar-refractivity contribution < 1.29 is 14.3 Å². The van der Waals surface area contributed by atoms with Gasteiger partial charge in [-0.15, -0.1) is 12.4 Å². The summed E-state index contributed by atoms with van der Waals surface area (Å²) in [6, 6.07) is 13.2. The van der Waals surface area contributed by atoms with Crippen LogP contribution in [0.25, 0.3) is 0 Å². The number of hydrogen-bond donors (Lipinski definition) is 3. The molecule has 2 aromatic rings. The number of hydrogen-bond acceptors (Lipinski definition) is 4. The van der Waals surface area contributed by atoms with Gasteiger partial charge in [-0.3, -0.25) is 4.79 Å². The molecule has 30 heavy (non-hydrogen) atoms. The number of rotatable bonds is 3. The molecule has 2 aliphatic heterocycles. The molecule has 8 heteroatoms. The molecule has 1 atom stereocenters. The third kappa shape index (κ3) is 5.11. The highest BCUT2D eigenvalue weighted by molar-refractivity contribution is 6.00. The van der Waals surface area contributed by atoms with Crippen molar-refractivity contribution >= 4 is 35.7 Å². The number of carbonyl (C=O) groups excluding carboxylic acids is 2. The monoisotopic (exact) mass is 430 g/mol. The molecule has 0 aromatic heterocycles. The van der Waals surface area contributed by atoms with Crippen molar-refractivity contribution in [1.82, 2.24) is 10.2 Å². The second kappa shape index (κ2) is 9.93. The van der Waals surface area contributed by atoms with Crippen molar-refractivity contribution in [3.05, 3.63) is 59.2 Å². The van der Waals surface area contributed by atoms with Gasteiger partial charge in [-0.1, -0.05) is 29.8 Å². The molecule has 2 heterocycles. The summed E-state index contributed by atoms with van der Waals surface area (Å²) in [5, 5.41) is 9.01.